The van der Waals surface area contributed by atoms with Crippen molar-refractivity contribution in [2.45, 2.75) is 0 Å². The van der Waals surface area contributed by atoms with E-state index >= 15 is 0 Å². The third kappa shape index (κ3) is 2.89. The molecule has 0 radical (unpaired) electrons. The molecule has 0 aliphatic carbocycles. The first-order chi connectivity index (χ1) is 14.1. The number of carboxylic acids is 1. The Hall–Kier alpha value is -4.13. The van der Waals surface area contributed by atoms with Gasteiger partial charge in [0.25, 0.3) is 0 Å². The van der Waals surface area contributed by atoms with Crippen LogP contribution in [0.2, 0.25) is 0 Å². The van der Waals surface area contributed by atoms with Crippen LogP contribution in [-0.4, -0.2) is 30.8 Å². The number of pyridine rings is 1. The van der Waals surface area contributed by atoms with Crippen LogP contribution >= 0.6 is 0 Å². The summed E-state index contributed by atoms with van der Waals surface area (Å²) >= 11 is 0. The Kier molecular flexibility index (Phi) is 3.80. The summed E-state index contributed by atoms with van der Waals surface area (Å²) in [6, 6.07) is 19.3. The van der Waals surface area contributed by atoms with E-state index in [0.29, 0.717) is 11.0 Å². The number of nitrogens with zero attached hydrogens (tertiary/aromatic N) is 3. The van der Waals surface area contributed by atoms with E-state index < -0.39 is 5.97 Å². The smallest absolute Gasteiger partial charge is 0.337 e. The molecule has 7 nitrogen and oxygen atoms in total. The van der Waals surface area contributed by atoms with Crippen molar-refractivity contribution in [3.05, 3.63) is 72.4 Å². The highest BCUT2D eigenvalue weighted by Gasteiger charge is 2.17. The second-order valence-corrected chi connectivity index (χ2v) is 6.80. The fraction of sp³-hybridized carbons (Fsp3) is 0.0455. The lowest BCUT2D eigenvalue weighted by atomic mass is 10.1. The van der Waals surface area contributed by atoms with E-state index in [9.17, 15) is 9.90 Å². The molecule has 0 fully saturated rings. The normalized spacial score (nSPS) is 11.2. The number of carboxylic acid groups (broad SMARTS) is 1. The number of fused-ring (bicyclic) bond motifs is 2. The molecule has 7 heteroatoms. The maximum Gasteiger partial charge on any atom is 0.337 e. The van der Waals surface area contributed by atoms with Crippen LogP contribution in [0.25, 0.3) is 33.3 Å². The van der Waals surface area contributed by atoms with Crippen molar-refractivity contribution in [2.24, 2.45) is 7.05 Å². The van der Waals surface area contributed by atoms with E-state index in [0.717, 1.165) is 33.7 Å². The Labute approximate surface area is 165 Å². The molecule has 2 aromatic carbocycles. The first-order valence-corrected chi connectivity index (χ1v) is 9.10. The van der Waals surface area contributed by atoms with Gasteiger partial charge in [0.05, 0.1) is 33.5 Å². The Morgan fingerprint density at radius 3 is 2.66 bits per heavy atom. The van der Waals surface area contributed by atoms with E-state index in [1.807, 2.05) is 61.6 Å². The van der Waals surface area contributed by atoms with Crippen LogP contribution in [0.3, 0.4) is 0 Å². The van der Waals surface area contributed by atoms with Crippen LogP contribution in [0.5, 0.6) is 0 Å². The molecule has 0 saturated heterocycles. The van der Waals surface area contributed by atoms with Crippen LogP contribution < -0.4 is 5.32 Å². The summed E-state index contributed by atoms with van der Waals surface area (Å²) in [5.74, 6) is -0.989. The average Bonchev–Trinajstić information content (AvgIpc) is 3.27. The number of nitrogens with one attached hydrogen (secondary N) is 2. The van der Waals surface area contributed by atoms with Crippen molar-refractivity contribution in [3.63, 3.8) is 0 Å². The fourth-order valence-corrected chi connectivity index (χ4v) is 3.62. The quantitative estimate of drug-likeness (QED) is 0.423. The van der Waals surface area contributed by atoms with Crippen molar-refractivity contribution < 1.29 is 9.90 Å². The van der Waals surface area contributed by atoms with Crippen LogP contribution in [0.1, 0.15) is 10.4 Å². The molecule has 3 aromatic heterocycles. The summed E-state index contributed by atoms with van der Waals surface area (Å²) in [5.41, 5.74) is 5.75. The van der Waals surface area contributed by atoms with E-state index in [4.69, 9.17) is 0 Å². The van der Waals surface area contributed by atoms with Gasteiger partial charge in [0.2, 0.25) is 0 Å². The van der Waals surface area contributed by atoms with Crippen molar-refractivity contribution in [1.29, 1.82) is 0 Å². The molecule has 0 amide bonds. The highest BCUT2D eigenvalue weighted by Crippen LogP contribution is 2.32. The monoisotopic (exact) mass is 383 g/mol. The number of hydrogen-bond donors (Lipinski definition) is 3. The molecule has 29 heavy (non-hydrogen) atoms. The summed E-state index contributed by atoms with van der Waals surface area (Å²) in [6.45, 7) is 0. The van der Waals surface area contributed by atoms with Gasteiger partial charge in [0.1, 0.15) is 0 Å². The molecule has 5 rings (SSSR count). The predicted octanol–water partition coefficient (Wildman–Crippen LogP) is 4.56. The number of H-pyrrole nitrogens is 1. The van der Waals surface area contributed by atoms with E-state index in [1.165, 1.54) is 12.3 Å². The van der Waals surface area contributed by atoms with Gasteiger partial charge in [-0.2, -0.15) is 5.10 Å². The highest BCUT2D eigenvalue weighted by molar-refractivity contribution is 6.03. The second-order valence-electron chi connectivity index (χ2n) is 6.80. The summed E-state index contributed by atoms with van der Waals surface area (Å²) in [5, 5.41) is 18.4. The van der Waals surface area contributed by atoms with Gasteiger partial charge in [-0.1, -0.05) is 18.2 Å². The fourth-order valence-electron chi connectivity index (χ4n) is 3.62. The van der Waals surface area contributed by atoms with E-state index in [1.54, 1.807) is 4.68 Å². The molecular formula is C22H17N5O2. The molecule has 0 aliphatic heterocycles. The lowest BCUT2D eigenvalue weighted by Crippen LogP contribution is -1.98. The Morgan fingerprint density at radius 2 is 1.86 bits per heavy atom. The van der Waals surface area contributed by atoms with Crippen LogP contribution in [-0.2, 0) is 7.05 Å². The maximum atomic E-state index is 11.5. The number of hydrogen-bond acceptors (Lipinski definition) is 4. The molecule has 0 unspecified atom stereocenters. The number of benzene rings is 2. The zero-order valence-electron chi connectivity index (χ0n) is 15.5. The van der Waals surface area contributed by atoms with Gasteiger partial charge < -0.3 is 15.4 Å². The van der Waals surface area contributed by atoms with Gasteiger partial charge in [0.15, 0.2) is 0 Å². The van der Waals surface area contributed by atoms with E-state index in [-0.39, 0.29) is 5.56 Å². The van der Waals surface area contributed by atoms with E-state index in [2.05, 4.69) is 20.4 Å². The third-order valence-corrected chi connectivity index (χ3v) is 4.90. The lowest BCUT2D eigenvalue weighted by molar-refractivity contribution is 0.0698. The third-order valence-electron chi connectivity index (χ3n) is 4.90. The van der Waals surface area contributed by atoms with Gasteiger partial charge >= 0.3 is 5.97 Å². The Bertz CT molecular complexity index is 1370. The molecule has 0 atom stereocenters. The number of aromatic nitrogens is 4. The van der Waals surface area contributed by atoms with Crippen molar-refractivity contribution >= 4 is 39.3 Å². The largest absolute Gasteiger partial charge is 0.478 e. The minimum atomic E-state index is -0.989. The Morgan fingerprint density at radius 1 is 1.03 bits per heavy atom. The SMILES string of the molecule is Cn1nc2cc(Nc3ccccc3)ccc2c1-c1cc2nccc(C(=O)O)c2[nH]1. The molecule has 0 saturated carbocycles. The average molecular weight is 383 g/mol. The van der Waals surface area contributed by atoms with Crippen molar-refractivity contribution in [2.75, 3.05) is 5.32 Å². The van der Waals surface area contributed by atoms with Crippen molar-refractivity contribution in [3.8, 4) is 11.4 Å². The minimum Gasteiger partial charge on any atom is -0.478 e. The zero-order valence-corrected chi connectivity index (χ0v) is 15.5. The first kappa shape index (κ1) is 17.0. The highest BCUT2D eigenvalue weighted by atomic mass is 16.4. The first-order valence-electron chi connectivity index (χ1n) is 9.10. The zero-order chi connectivity index (χ0) is 20.0. The number of rotatable bonds is 4. The number of aromatic carboxylic acids is 1. The predicted molar refractivity (Wildman–Crippen MR) is 112 cm³/mol. The minimum absolute atomic E-state index is 0.196. The molecule has 5 aromatic rings. The molecular weight excluding hydrogens is 366 g/mol. The topological polar surface area (TPSA) is 95.8 Å². The van der Waals surface area contributed by atoms with Gasteiger partial charge in [-0.05, 0) is 42.5 Å². The summed E-state index contributed by atoms with van der Waals surface area (Å²) in [4.78, 5) is 19.0. The summed E-state index contributed by atoms with van der Waals surface area (Å²) < 4.78 is 1.79. The number of anilines is 2. The van der Waals surface area contributed by atoms with Gasteiger partial charge in [-0.15, -0.1) is 0 Å². The second kappa shape index (κ2) is 6.49. The van der Waals surface area contributed by atoms with Crippen molar-refractivity contribution in [1.82, 2.24) is 19.7 Å². The summed E-state index contributed by atoms with van der Waals surface area (Å²) in [6.07, 6.45) is 1.51. The van der Waals surface area contributed by atoms with Crippen LogP contribution in [0.15, 0.2) is 66.9 Å². The molecule has 0 bridgehead atoms. The standard InChI is InChI=1S/C22H17N5O2/c1-27-21(19-12-18-20(25-19)16(22(28)29)9-10-23-18)15-8-7-14(11-17(15)26-27)24-13-5-3-2-4-6-13/h2-12,24-25H,1H3,(H,28,29). The maximum absolute atomic E-state index is 11.5. The number of carbonyl (C=O) groups is 1. The van der Waals surface area contributed by atoms with Gasteiger partial charge in [-0.3, -0.25) is 9.67 Å². The Balaban J connectivity index is 1.60. The molecule has 0 aliphatic rings. The molecule has 142 valence electrons. The molecule has 3 N–H and O–H groups in total. The molecule has 0 spiro atoms. The van der Waals surface area contributed by atoms with Gasteiger partial charge in [0, 0.05) is 30.0 Å². The van der Waals surface area contributed by atoms with Gasteiger partial charge in [-0.25, -0.2) is 4.79 Å². The lowest BCUT2D eigenvalue weighted by Gasteiger charge is -2.06. The number of para-hydroxylation sites is 1. The number of aromatic amines is 1. The summed E-state index contributed by atoms with van der Waals surface area (Å²) in [7, 11) is 1.87. The number of aryl methyl sites for hydroxylation is 1. The molecule has 3 heterocycles. The van der Waals surface area contributed by atoms with Crippen LogP contribution in [0, 0.1) is 0 Å². The van der Waals surface area contributed by atoms with Crippen LogP contribution in [0.4, 0.5) is 11.4 Å².